The van der Waals surface area contributed by atoms with Crippen molar-refractivity contribution < 1.29 is 9.84 Å². The van der Waals surface area contributed by atoms with Crippen molar-refractivity contribution in [1.82, 2.24) is 5.32 Å². The average molecular weight is 284 g/mol. The molecule has 0 amide bonds. The molecule has 1 saturated heterocycles. The largest absolute Gasteiger partial charge is 0.396 e. The van der Waals surface area contributed by atoms with Crippen molar-refractivity contribution in [3.05, 3.63) is 0 Å². The summed E-state index contributed by atoms with van der Waals surface area (Å²) < 4.78 is 6.25. The lowest BCUT2D eigenvalue weighted by Gasteiger charge is -2.45. The highest BCUT2D eigenvalue weighted by Crippen LogP contribution is 2.45. The molecule has 118 valence electrons. The van der Waals surface area contributed by atoms with Gasteiger partial charge in [0.1, 0.15) is 0 Å². The van der Waals surface area contributed by atoms with E-state index in [-0.39, 0.29) is 23.3 Å². The van der Waals surface area contributed by atoms with Crippen molar-refractivity contribution in [1.29, 1.82) is 0 Å². The van der Waals surface area contributed by atoms with Crippen LogP contribution in [0.3, 0.4) is 0 Å². The van der Waals surface area contributed by atoms with E-state index < -0.39 is 0 Å². The van der Waals surface area contributed by atoms with Gasteiger partial charge in [-0.1, -0.05) is 12.8 Å². The maximum atomic E-state index is 9.62. The van der Waals surface area contributed by atoms with Crippen LogP contribution in [0.25, 0.3) is 0 Å². The maximum Gasteiger partial charge on any atom is 0.0828 e. The summed E-state index contributed by atoms with van der Waals surface area (Å²) >= 11 is 0. The van der Waals surface area contributed by atoms with Gasteiger partial charge < -0.3 is 20.9 Å². The molecule has 2 rings (SSSR count). The molecule has 1 aliphatic heterocycles. The molecule has 4 heteroatoms. The van der Waals surface area contributed by atoms with Gasteiger partial charge in [-0.2, -0.15) is 0 Å². The number of nitrogens with one attached hydrogen (secondary N) is 1. The van der Waals surface area contributed by atoms with Crippen molar-refractivity contribution in [2.45, 2.75) is 82.6 Å². The molecule has 20 heavy (non-hydrogen) atoms. The molecule has 0 aromatic carbocycles. The molecule has 0 aromatic rings. The fourth-order valence-corrected chi connectivity index (χ4v) is 4.34. The maximum absolute atomic E-state index is 9.62. The summed E-state index contributed by atoms with van der Waals surface area (Å²) in [6, 6.07) is 0.356. The van der Waals surface area contributed by atoms with Crippen LogP contribution in [0.2, 0.25) is 0 Å². The highest BCUT2D eigenvalue weighted by Gasteiger charge is 2.57. The number of hydrogen-bond donors (Lipinski definition) is 3. The average Bonchev–Trinajstić information content (AvgIpc) is 2.55. The van der Waals surface area contributed by atoms with E-state index in [1.54, 1.807) is 0 Å². The van der Waals surface area contributed by atoms with Gasteiger partial charge >= 0.3 is 0 Å². The highest BCUT2D eigenvalue weighted by atomic mass is 16.5. The number of rotatable bonds is 4. The Kier molecular flexibility index (Phi) is 4.51. The van der Waals surface area contributed by atoms with E-state index in [9.17, 15) is 5.11 Å². The lowest BCUT2D eigenvalue weighted by atomic mass is 9.76. The quantitative estimate of drug-likeness (QED) is 0.736. The van der Waals surface area contributed by atoms with Crippen LogP contribution < -0.4 is 11.1 Å². The summed E-state index contributed by atoms with van der Waals surface area (Å²) in [6.45, 7) is 9.38. The predicted molar refractivity (Wildman–Crippen MR) is 81.6 cm³/mol. The van der Waals surface area contributed by atoms with Crippen LogP contribution in [0.15, 0.2) is 0 Å². The second-order valence-electron chi connectivity index (χ2n) is 7.81. The van der Waals surface area contributed by atoms with Crippen LogP contribution in [0, 0.1) is 5.92 Å². The van der Waals surface area contributed by atoms with Crippen molar-refractivity contribution in [3.63, 3.8) is 0 Å². The summed E-state index contributed by atoms with van der Waals surface area (Å²) in [7, 11) is 0. The summed E-state index contributed by atoms with van der Waals surface area (Å²) in [5, 5.41) is 13.4. The first kappa shape index (κ1) is 16.2. The van der Waals surface area contributed by atoms with E-state index in [1.807, 2.05) is 0 Å². The Morgan fingerprint density at radius 1 is 1.20 bits per heavy atom. The van der Waals surface area contributed by atoms with E-state index in [0.29, 0.717) is 18.5 Å². The summed E-state index contributed by atoms with van der Waals surface area (Å²) in [5.41, 5.74) is 5.52. The summed E-state index contributed by atoms with van der Waals surface area (Å²) in [5.74, 6) is 0.353. The van der Waals surface area contributed by atoms with Crippen LogP contribution in [-0.2, 0) is 4.74 Å². The van der Waals surface area contributed by atoms with Crippen molar-refractivity contribution >= 4 is 0 Å². The smallest absolute Gasteiger partial charge is 0.0828 e. The van der Waals surface area contributed by atoms with Gasteiger partial charge in [-0.15, -0.1) is 0 Å². The van der Waals surface area contributed by atoms with E-state index in [2.05, 4.69) is 33.0 Å². The number of ether oxygens (including phenoxy) is 1. The zero-order valence-electron chi connectivity index (χ0n) is 13.5. The first-order valence-corrected chi connectivity index (χ1v) is 8.04. The minimum atomic E-state index is -0.289. The van der Waals surface area contributed by atoms with Gasteiger partial charge in [-0.25, -0.2) is 0 Å². The fourth-order valence-electron chi connectivity index (χ4n) is 4.34. The summed E-state index contributed by atoms with van der Waals surface area (Å²) in [4.78, 5) is 0. The molecule has 1 saturated carbocycles. The van der Waals surface area contributed by atoms with Crippen LogP contribution >= 0.6 is 0 Å². The first-order chi connectivity index (χ1) is 9.25. The second-order valence-corrected chi connectivity index (χ2v) is 7.81. The standard InChI is InChI=1S/C16H32N2O2/c1-14(2)10-16(11-17,15(3,4)20-14)18-13-8-6-5-7-12(13)9-19/h12-13,18-19H,5-11,17H2,1-4H3. The topological polar surface area (TPSA) is 67.5 Å². The number of hydrogen-bond acceptors (Lipinski definition) is 4. The number of aliphatic hydroxyl groups is 1. The molecule has 0 bridgehead atoms. The Balaban J connectivity index is 2.19. The minimum Gasteiger partial charge on any atom is -0.396 e. The van der Waals surface area contributed by atoms with Gasteiger partial charge in [0.15, 0.2) is 0 Å². The molecule has 0 radical (unpaired) electrons. The van der Waals surface area contributed by atoms with Gasteiger partial charge in [-0.3, -0.25) is 0 Å². The summed E-state index contributed by atoms with van der Waals surface area (Å²) in [6.07, 6.45) is 5.62. The second kappa shape index (κ2) is 5.56. The molecule has 0 spiro atoms. The molecular formula is C16H32N2O2. The third-order valence-electron chi connectivity index (χ3n) is 5.37. The Bertz CT molecular complexity index is 343. The SMILES string of the molecule is CC1(C)CC(CN)(NC2CCCCC2CO)C(C)(C)O1. The first-order valence-electron chi connectivity index (χ1n) is 8.04. The molecule has 3 unspecified atom stereocenters. The van der Waals surface area contributed by atoms with Gasteiger partial charge in [0.2, 0.25) is 0 Å². The zero-order chi connectivity index (χ0) is 15.0. The van der Waals surface area contributed by atoms with Crippen LogP contribution in [0.5, 0.6) is 0 Å². The van der Waals surface area contributed by atoms with Crippen molar-refractivity contribution in [2.24, 2.45) is 11.7 Å². The van der Waals surface area contributed by atoms with Crippen molar-refractivity contribution in [3.8, 4) is 0 Å². The van der Waals surface area contributed by atoms with Gasteiger partial charge in [0.05, 0.1) is 16.7 Å². The molecular weight excluding hydrogens is 252 g/mol. The number of aliphatic hydroxyl groups excluding tert-OH is 1. The Morgan fingerprint density at radius 2 is 1.85 bits per heavy atom. The number of nitrogens with two attached hydrogens (primary N) is 1. The third kappa shape index (κ3) is 2.89. The predicted octanol–water partition coefficient (Wildman–Crippen LogP) is 1.80. The van der Waals surface area contributed by atoms with E-state index in [1.165, 1.54) is 12.8 Å². The minimum absolute atomic E-state index is 0.154. The van der Waals surface area contributed by atoms with Crippen LogP contribution in [-0.4, -0.2) is 41.0 Å². The van der Waals surface area contributed by atoms with Crippen molar-refractivity contribution in [2.75, 3.05) is 13.2 Å². The van der Waals surface area contributed by atoms with Gasteiger partial charge in [-0.05, 0) is 52.9 Å². The fraction of sp³-hybridized carbons (Fsp3) is 1.00. The zero-order valence-corrected chi connectivity index (χ0v) is 13.5. The lowest BCUT2D eigenvalue weighted by molar-refractivity contribution is -0.0849. The molecule has 1 heterocycles. The molecule has 2 fully saturated rings. The molecule has 1 aliphatic carbocycles. The van der Waals surface area contributed by atoms with Gasteiger partial charge in [0, 0.05) is 19.2 Å². The van der Waals surface area contributed by atoms with E-state index >= 15 is 0 Å². The van der Waals surface area contributed by atoms with Crippen LogP contribution in [0.4, 0.5) is 0 Å². The third-order valence-corrected chi connectivity index (χ3v) is 5.37. The highest BCUT2D eigenvalue weighted by molar-refractivity contribution is 5.13. The Morgan fingerprint density at radius 3 is 2.35 bits per heavy atom. The monoisotopic (exact) mass is 284 g/mol. The van der Waals surface area contributed by atoms with E-state index in [4.69, 9.17) is 10.5 Å². The normalized spacial score (nSPS) is 39.9. The van der Waals surface area contributed by atoms with Gasteiger partial charge in [0.25, 0.3) is 0 Å². The molecule has 0 aromatic heterocycles. The van der Waals surface area contributed by atoms with Crippen LogP contribution in [0.1, 0.15) is 59.8 Å². The lowest BCUT2D eigenvalue weighted by Crippen LogP contribution is -2.65. The Labute approximate surface area is 123 Å². The Hall–Kier alpha value is -0.160. The molecule has 4 nitrogen and oxygen atoms in total. The molecule has 4 N–H and O–H groups in total. The van der Waals surface area contributed by atoms with E-state index in [0.717, 1.165) is 19.3 Å². The molecule has 2 aliphatic rings. The molecule has 3 atom stereocenters.